The fourth-order valence-electron chi connectivity index (χ4n) is 3.96. The summed E-state index contributed by atoms with van der Waals surface area (Å²) >= 11 is 0. The summed E-state index contributed by atoms with van der Waals surface area (Å²) in [6.07, 6.45) is 3.86. The van der Waals surface area contributed by atoms with E-state index in [0.717, 1.165) is 36.1 Å². The highest BCUT2D eigenvalue weighted by Crippen LogP contribution is 2.37. The maximum Gasteiger partial charge on any atom is 0.223 e. The number of fused-ring (bicyclic) bond motifs is 1. The predicted octanol–water partition coefficient (Wildman–Crippen LogP) is 4.67. The summed E-state index contributed by atoms with van der Waals surface area (Å²) < 4.78 is 17.8. The molecule has 8 heteroatoms. The average Bonchev–Trinajstić information content (AvgIpc) is 3.18. The Morgan fingerprint density at radius 1 is 1.06 bits per heavy atom. The van der Waals surface area contributed by atoms with Gasteiger partial charge in [0, 0.05) is 23.7 Å². The van der Waals surface area contributed by atoms with E-state index in [1.165, 1.54) is 19.3 Å². The number of likely N-dealkylation sites (tertiary alicyclic amines) is 1. The lowest BCUT2D eigenvalue weighted by Gasteiger charge is -2.26. The number of nitrogens with zero attached hydrogens (tertiary/aromatic N) is 3. The highest BCUT2D eigenvalue weighted by atomic mass is 16.5. The molecule has 1 fully saturated rings. The summed E-state index contributed by atoms with van der Waals surface area (Å²) in [4.78, 5) is 7.16. The topological polar surface area (TPSA) is 84.5 Å². The van der Waals surface area contributed by atoms with Crippen molar-refractivity contribution in [3.05, 3.63) is 30.0 Å². The van der Waals surface area contributed by atoms with Crippen LogP contribution in [0.4, 0.5) is 11.6 Å². The van der Waals surface area contributed by atoms with Crippen LogP contribution in [-0.2, 0) is 0 Å². The Labute approximate surface area is 189 Å². The van der Waals surface area contributed by atoms with Gasteiger partial charge in [0.15, 0.2) is 17.3 Å². The van der Waals surface area contributed by atoms with Crippen LogP contribution < -0.4 is 19.5 Å². The number of pyridine rings is 1. The first-order valence-electron chi connectivity index (χ1n) is 11.4. The first kappa shape index (κ1) is 22.2. The van der Waals surface area contributed by atoms with E-state index in [4.69, 9.17) is 19.2 Å². The van der Waals surface area contributed by atoms with Gasteiger partial charge in [-0.15, -0.1) is 0 Å². The number of piperidine rings is 1. The van der Waals surface area contributed by atoms with E-state index < -0.39 is 0 Å². The molecule has 0 radical (unpaired) electrons. The fraction of sp³-hybridized carbons (Fsp3) is 0.500. The second kappa shape index (κ2) is 10.1. The van der Waals surface area contributed by atoms with Crippen molar-refractivity contribution in [3.63, 3.8) is 0 Å². The van der Waals surface area contributed by atoms with Crippen molar-refractivity contribution in [2.45, 2.75) is 46.1 Å². The van der Waals surface area contributed by atoms with Crippen LogP contribution in [-0.4, -0.2) is 59.5 Å². The van der Waals surface area contributed by atoms with Crippen molar-refractivity contribution in [2.75, 3.05) is 38.7 Å². The van der Waals surface area contributed by atoms with Crippen molar-refractivity contribution in [3.8, 4) is 17.4 Å². The molecule has 0 aliphatic carbocycles. The molecule has 3 aromatic rings. The summed E-state index contributed by atoms with van der Waals surface area (Å²) in [5.74, 6) is 3.31. The van der Waals surface area contributed by atoms with Crippen LogP contribution in [0, 0.1) is 6.92 Å². The molecule has 32 heavy (non-hydrogen) atoms. The zero-order valence-corrected chi connectivity index (χ0v) is 19.4. The lowest BCUT2D eigenvalue weighted by Crippen LogP contribution is -2.33. The van der Waals surface area contributed by atoms with Gasteiger partial charge < -0.3 is 19.5 Å². The van der Waals surface area contributed by atoms with Gasteiger partial charge in [0.05, 0.1) is 13.2 Å². The normalized spacial score (nSPS) is 14.7. The third-order valence-corrected chi connectivity index (χ3v) is 5.50. The minimum absolute atomic E-state index is 0.0147. The van der Waals surface area contributed by atoms with E-state index in [1.54, 1.807) is 7.11 Å². The van der Waals surface area contributed by atoms with Gasteiger partial charge in [-0.1, -0.05) is 6.42 Å². The molecular formula is C24H33N5O3. The van der Waals surface area contributed by atoms with Gasteiger partial charge in [0.25, 0.3) is 0 Å². The maximum atomic E-state index is 6.15. The zero-order chi connectivity index (χ0) is 22.5. The Morgan fingerprint density at radius 2 is 1.88 bits per heavy atom. The van der Waals surface area contributed by atoms with Crippen LogP contribution >= 0.6 is 0 Å². The van der Waals surface area contributed by atoms with Gasteiger partial charge in [0.1, 0.15) is 12.4 Å². The lowest BCUT2D eigenvalue weighted by atomic mass is 10.1. The van der Waals surface area contributed by atoms with Crippen molar-refractivity contribution in [1.82, 2.24) is 20.1 Å². The Kier molecular flexibility index (Phi) is 6.99. The molecule has 0 saturated carbocycles. The standard InChI is InChI=1S/C24H33N5O3/c1-16(2)32-24-19-15-21(31-11-10-29-8-6-5-7-9-29)20(30-4)13-18(19)14-22(26-24)25-23-12-17(3)27-28-23/h12-16H,5-11H2,1-4H3,(H2,25,26,27,28). The van der Waals surface area contributed by atoms with Crippen LogP contribution in [0.2, 0.25) is 0 Å². The smallest absolute Gasteiger partial charge is 0.223 e. The molecule has 1 aliphatic heterocycles. The summed E-state index contributed by atoms with van der Waals surface area (Å²) in [5, 5.41) is 12.2. The lowest BCUT2D eigenvalue weighted by molar-refractivity contribution is 0.180. The van der Waals surface area contributed by atoms with E-state index in [9.17, 15) is 0 Å². The second-order valence-electron chi connectivity index (χ2n) is 8.52. The Hall–Kier alpha value is -3.00. The van der Waals surface area contributed by atoms with Crippen molar-refractivity contribution < 1.29 is 14.2 Å². The zero-order valence-electron chi connectivity index (χ0n) is 19.4. The highest BCUT2D eigenvalue weighted by molar-refractivity contribution is 5.92. The number of aromatic amines is 1. The Morgan fingerprint density at radius 3 is 2.56 bits per heavy atom. The number of aromatic nitrogens is 3. The van der Waals surface area contributed by atoms with E-state index in [2.05, 4.69) is 20.4 Å². The number of hydrogen-bond acceptors (Lipinski definition) is 7. The molecule has 172 valence electrons. The first-order chi connectivity index (χ1) is 15.5. The van der Waals surface area contributed by atoms with Gasteiger partial charge in [-0.3, -0.25) is 10.00 Å². The number of methoxy groups -OCH3 is 1. The van der Waals surface area contributed by atoms with Crippen molar-refractivity contribution in [1.29, 1.82) is 0 Å². The molecule has 0 bridgehead atoms. The number of benzene rings is 1. The fourth-order valence-corrected chi connectivity index (χ4v) is 3.96. The number of ether oxygens (including phenoxy) is 3. The van der Waals surface area contributed by atoms with E-state index >= 15 is 0 Å². The molecule has 1 saturated heterocycles. The van der Waals surface area contributed by atoms with Crippen LogP contribution in [0.25, 0.3) is 10.8 Å². The third-order valence-electron chi connectivity index (χ3n) is 5.50. The van der Waals surface area contributed by atoms with Gasteiger partial charge in [0.2, 0.25) is 5.88 Å². The molecule has 3 heterocycles. The number of aryl methyl sites for hydroxylation is 1. The highest BCUT2D eigenvalue weighted by Gasteiger charge is 2.16. The largest absolute Gasteiger partial charge is 0.493 e. The minimum Gasteiger partial charge on any atom is -0.493 e. The summed E-state index contributed by atoms with van der Waals surface area (Å²) in [7, 11) is 1.66. The van der Waals surface area contributed by atoms with Crippen LogP contribution in [0.15, 0.2) is 24.3 Å². The monoisotopic (exact) mass is 439 g/mol. The Bertz CT molecular complexity index is 1040. The minimum atomic E-state index is -0.0147. The Balaban J connectivity index is 1.61. The molecule has 0 unspecified atom stereocenters. The molecular weight excluding hydrogens is 406 g/mol. The molecule has 0 amide bonds. The molecule has 1 aliphatic rings. The van der Waals surface area contributed by atoms with Crippen LogP contribution in [0.3, 0.4) is 0 Å². The average molecular weight is 440 g/mol. The SMILES string of the molecule is COc1cc2cc(Nc3cc(C)[nH]n3)nc(OC(C)C)c2cc1OCCN1CCCCC1. The maximum absolute atomic E-state index is 6.15. The number of hydrogen-bond donors (Lipinski definition) is 2. The molecule has 0 spiro atoms. The van der Waals surface area contributed by atoms with Crippen LogP contribution in [0.5, 0.6) is 17.4 Å². The van der Waals surface area contributed by atoms with Crippen molar-refractivity contribution >= 4 is 22.4 Å². The number of H-pyrrole nitrogens is 1. The molecule has 0 atom stereocenters. The molecule has 1 aromatic carbocycles. The molecule has 2 N–H and O–H groups in total. The van der Waals surface area contributed by atoms with Gasteiger partial charge in [-0.2, -0.15) is 10.1 Å². The number of nitrogens with one attached hydrogen (secondary N) is 2. The van der Waals surface area contributed by atoms with Crippen molar-refractivity contribution in [2.24, 2.45) is 0 Å². The van der Waals surface area contributed by atoms with Crippen LogP contribution in [0.1, 0.15) is 38.8 Å². The van der Waals surface area contributed by atoms with E-state index in [0.29, 0.717) is 35.6 Å². The van der Waals surface area contributed by atoms with Gasteiger partial charge in [-0.25, -0.2) is 0 Å². The van der Waals surface area contributed by atoms with E-state index in [1.807, 2.05) is 45.0 Å². The third kappa shape index (κ3) is 5.43. The van der Waals surface area contributed by atoms with Gasteiger partial charge in [-0.05, 0) is 70.3 Å². The molecule has 8 nitrogen and oxygen atoms in total. The van der Waals surface area contributed by atoms with Gasteiger partial charge >= 0.3 is 0 Å². The summed E-state index contributed by atoms with van der Waals surface area (Å²) in [6.45, 7) is 9.78. The first-order valence-corrected chi connectivity index (χ1v) is 11.4. The predicted molar refractivity (Wildman–Crippen MR) is 126 cm³/mol. The number of anilines is 2. The second-order valence-corrected chi connectivity index (χ2v) is 8.52. The molecule has 4 rings (SSSR count). The quantitative estimate of drug-likeness (QED) is 0.501. The van der Waals surface area contributed by atoms with E-state index in [-0.39, 0.29) is 6.10 Å². The number of rotatable bonds is 9. The molecule has 2 aromatic heterocycles. The summed E-state index contributed by atoms with van der Waals surface area (Å²) in [5.41, 5.74) is 0.972. The summed E-state index contributed by atoms with van der Waals surface area (Å²) in [6, 6.07) is 7.83.